The van der Waals surface area contributed by atoms with Crippen LogP contribution in [0.2, 0.25) is 0 Å². The summed E-state index contributed by atoms with van der Waals surface area (Å²) in [6, 6.07) is 0. The summed E-state index contributed by atoms with van der Waals surface area (Å²) in [6.45, 7) is 3.41. The minimum atomic E-state index is -0.0588. The second kappa shape index (κ2) is 14.2. The van der Waals surface area contributed by atoms with Gasteiger partial charge in [0.1, 0.15) is 0 Å². The Morgan fingerprint density at radius 2 is 1.78 bits per heavy atom. The number of unbranched alkanes of at least 4 members (excludes halogenated alkanes) is 4. The molecule has 0 aliphatic heterocycles. The molecule has 0 aromatic rings. The first-order valence-electron chi connectivity index (χ1n) is 7.10. The second-order valence-corrected chi connectivity index (χ2v) is 4.40. The summed E-state index contributed by atoms with van der Waals surface area (Å²) < 4.78 is 10.0. The maximum atomic E-state index is 11.3. The van der Waals surface area contributed by atoms with E-state index in [0.717, 1.165) is 51.6 Å². The molecule has 0 bridgehead atoms. The lowest BCUT2D eigenvalue weighted by atomic mass is 10.1. The van der Waals surface area contributed by atoms with Crippen molar-refractivity contribution in [2.45, 2.75) is 58.3 Å². The van der Waals surface area contributed by atoms with Crippen LogP contribution in [0.25, 0.3) is 0 Å². The van der Waals surface area contributed by atoms with Crippen LogP contribution >= 0.6 is 0 Å². The van der Waals surface area contributed by atoms with Crippen molar-refractivity contribution in [3.05, 3.63) is 12.2 Å². The maximum absolute atomic E-state index is 11.3. The number of carbonyl (C=O) groups excluding carboxylic acids is 1. The van der Waals surface area contributed by atoms with E-state index in [1.165, 1.54) is 0 Å². The minimum absolute atomic E-state index is 0.0588. The highest BCUT2D eigenvalue weighted by atomic mass is 16.5. The van der Waals surface area contributed by atoms with Crippen molar-refractivity contribution in [1.29, 1.82) is 0 Å². The van der Waals surface area contributed by atoms with E-state index in [2.05, 4.69) is 19.1 Å². The molecule has 0 saturated carbocycles. The number of allylic oxidation sites excluding steroid dienone is 2. The predicted molar refractivity (Wildman–Crippen MR) is 74.6 cm³/mol. The number of esters is 1. The molecule has 0 saturated heterocycles. The van der Waals surface area contributed by atoms with Gasteiger partial charge < -0.3 is 9.47 Å². The Morgan fingerprint density at radius 3 is 2.50 bits per heavy atom. The van der Waals surface area contributed by atoms with E-state index < -0.39 is 0 Å². The van der Waals surface area contributed by atoms with Crippen LogP contribution in [0.4, 0.5) is 0 Å². The van der Waals surface area contributed by atoms with Gasteiger partial charge in [0.15, 0.2) is 0 Å². The third kappa shape index (κ3) is 13.2. The van der Waals surface area contributed by atoms with E-state index in [-0.39, 0.29) is 5.97 Å². The molecule has 0 aromatic heterocycles. The van der Waals surface area contributed by atoms with Crippen LogP contribution in [0.15, 0.2) is 12.2 Å². The van der Waals surface area contributed by atoms with Gasteiger partial charge in [0, 0.05) is 20.1 Å². The van der Waals surface area contributed by atoms with E-state index in [4.69, 9.17) is 9.47 Å². The highest BCUT2D eigenvalue weighted by molar-refractivity contribution is 5.69. The molecule has 0 spiro atoms. The zero-order valence-electron chi connectivity index (χ0n) is 12.0. The average molecular weight is 256 g/mol. The van der Waals surface area contributed by atoms with Gasteiger partial charge >= 0.3 is 5.97 Å². The molecule has 0 radical (unpaired) electrons. The van der Waals surface area contributed by atoms with Crippen LogP contribution in [0.3, 0.4) is 0 Å². The van der Waals surface area contributed by atoms with Crippen LogP contribution in [0, 0.1) is 0 Å². The van der Waals surface area contributed by atoms with Crippen molar-refractivity contribution >= 4 is 5.97 Å². The molecule has 0 aromatic carbocycles. The average Bonchev–Trinajstić information content (AvgIpc) is 2.37. The smallest absolute Gasteiger partial charge is 0.305 e. The monoisotopic (exact) mass is 256 g/mol. The van der Waals surface area contributed by atoms with Gasteiger partial charge in [-0.15, -0.1) is 0 Å². The topological polar surface area (TPSA) is 35.5 Å². The number of carbonyl (C=O) groups is 1. The van der Waals surface area contributed by atoms with Crippen LogP contribution in [0.5, 0.6) is 0 Å². The summed E-state index contributed by atoms with van der Waals surface area (Å²) in [6.07, 6.45) is 12.2. The summed E-state index contributed by atoms with van der Waals surface area (Å²) >= 11 is 0. The van der Waals surface area contributed by atoms with Gasteiger partial charge in [0.05, 0.1) is 6.61 Å². The summed E-state index contributed by atoms with van der Waals surface area (Å²) in [5.74, 6) is -0.0588. The van der Waals surface area contributed by atoms with E-state index in [0.29, 0.717) is 13.0 Å². The minimum Gasteiger partial charge on any atom is -0.466 e. The third-order valence-corrected chi connectivity index (χ3v) is 2.66. The van der Waals surface area contributed by atoms with Crippen molar-refractivity contribution in [3.63, 3.8) is 0 Å². The van der Waals surface area contributed by atoms with Crippen LogP contribution < -0.4 is 0 Å². The Balaban J connectivity index is 3.19. The van der Waals surface area contributed by atoms with Gasteiger partial charge in [-0.3, -0.25) is 4.79 Å². The molecule has 0 aliphatic carbocycles. The SMILES string of the molecule is CCC=CCCCCCC(=O)OCCCCOC. The molecular formula is C15H28O3. The first-order valence-corrected chi connectivity index (χ1v) is 7.10. The molecule has 0 rings (SSSR count). The van der Waals surface area contributed by atoms with Gasteiger partial charge in [-0.25, -0.2) is 0 Å². The fourth-order valence-electron chi connectivity index (χ4n) is 1.60. The van der Waals surface area contributed by atoms with E-state index in [1.807, 2.05) is 0 Å². The van der Waals surface area contributed by atoms with Crippen molar-refractivity contribution in [1.82, 2.24) is 0 Å². The number of rotatable bonds is 12. The fourth-order valence-corrected chi connectivity index (χ4v) is 1.60. The van der Waals surface area contributed by atoms with Crippen LogP contribution in [-0.4, -0.2) is 26.3 Å². The van der Waals surface area contributed by atoms with Crippen molar-refractivity contribution in [2.24, 2.45) is 0 Å². The number of methoxy groups -OCH3 is 1. The first kappa shape index (κ1) is 17.2. The first-order chi connectivity index (χ1) is 8.81. The molecule has 0 unspecified atom stereocenters. The second-order valence-electron chi connectivity index (χ2n) is 4.40. The molecule has 0 N–H and O–H groups in total. The normalized spacial score (nSPS) is 11.0. The lowest BCUT2D eigenvalue weighted by molar-refractivity contribution is -0.143. The lowest BCUT2D eigenvalue weighted by Crippen LogP contribution is -2.06. The van der Waals surface area contributed by atoms with E-state index >= 15 is 0 Å². The third-order valence-electron chi connectivity index (χ3n) is 2.66. The molecule has 3 heteroatoms. The van der Waals surface area contributed by atoms with Crippen molar-refractivity contribution in [2.75, 3.05) is 20.3 Å². The zero-order chi connectivity index (χ0) is 13.5. The summed E-state index contributed by atoms with van der Waals surface area (Å²) in [5.41, 5.74) is 0. The predicted octanol–water partition coefficient (Wildman–Crippen LogP) is 3.87. The molecule has 18 heavy (non-hydrogen) atoms. The molecular weight excluding hydrogens is 228 g/mol. The Hall–Kier alpha value is -0.830. The van der Waals surface area contributed by atoms with Crippen molar-refractivity contribution in [3.8, 4) is 0 Å². The largest absolute Gasteiger partial charge is 0.466 e. The zero-order valence-corrected chi connectivity index (χ0v) is 12.0. The van der Waals surface area contributed by atoms with Crippen molar-refractivity contribution < 1.29 is 14.3 Å². The molecule has 0 heterocycles. The standard InChI is InChI=1S/C15H28O3/c1-3-4-5-6-7-8-9-12-15(16)18-14-11-10-13-17-2/h4-5H,3,6-14H2,1-2H3. The van der Waals surface area contributed by atoms with Gasteiger partial charge in [-0.1, -0.05) is 25.5 Å². The Kier molecular flexibility index (Phi) is 13.6. The van der Waals surface area contributed by atoms with E-state index in [1.54, 1.807) is 7.11 Å². The number of hydrogen-bond acceptors (Lipinski definition) is 3. The Labute approximate surface area is 112 Å². The van der Waals surface area contributed by atoms with Crippen LogP contribution in [0.1, 0.15) is 58.3 Å². The maximum Gasteiger partial charge on any atom is 0.305 e. The lowest BCUT2D eigenvalue weighted by Gasteiger charge is -2.04. The Morgan fingerprint density at radius 1 is 1.00 bits per heavy atom. The summed E-state index contributed by atoms with van der Waals surface area (Å²) in [7, 11) is 1.68. The number of hydrogen-bond donors (Lipinski definition) is 0. The molecule has 0 aliphatic rings. The summed E-state index contributed by atoms with van der Waals surface area (Å²) in [4.78, 5) is 11.3. The quantitative estimate of drug-likeness (QED) is 0.302. The van der Waals surface area contributed by atoms with Gasteiger partial charge in [-0.05, 0) is 38.5 Å². The molecule has 106 valence electrons. The molecule has 3 nitrogen and oxygen atoms in total. The fraction of sp³-hybridized carbons (Fsp3) is 0.800. The number of ether oxygens (including phenoxy) is 2. The molecule has 0 amide bonds. The Bertz CT molecular complexity index is 212. The van der Waals surface area contributed by atoms with Gasteiger partial charge in [0.25, 0.3) is 0 Å². The van der Waals surface area contributed by atoms with Crippen LogP contribution in [-0.2, 0) is 14.3 Å². The molecule has 0 fully saturated rings. The van der Waals surface area contributed by atoms with Gasteiger partial charge in [-0.2, -0.15) is 0 Å². The molecule has 0 atom stereocenters. The highest BCUT2D eigenvalue weighted by Gasteiger charge is 2.01. The highest BCUT2D eigenvalue weighted by Crippen LogP contribution is 2.05. The van der Waals surface area contributed by atoms with E-state index in [9.17, 15) is 4.79 Å². The van der Waals surface area contributed by atoms with Gasteiger partial charge in [0.2, 0.25) is 0 Å². The summed E-state index contributed by atoms with van der Waals surface area (Å²) in [5, 5.41) is 0.